The second-order valence-corrected chi connectivity index (χ2v) is 6.70. The van der Waals surface area contributed by atoms with E-state index in [1.165, 1.54) is 54.6 Å². The third-order valence-electron chi connectivity index (χ3n) is 4.70. The highest BCUT2D eigenvalue weighted by Crippen LogP contribution is 2.26. The molecule has 0 saturated heterocycles. The molecule has 0 aliphatic rings. The van der Waals surface area contributed by atoms with Crippen LogP contribution in [0.2, 0.25) is 0 Å². The summed E-state index contributed by atoms with van der Waals surface area (Å²) in [7, 11) is 0. The van der Waals surface area contributed by atoms with Crippen LogP contribution in [0.4, 0.5) is 17.1 Å². The van der Waals surface area contributed by atoms with Gasteiger partial charge in [-0.1, -0.05) is 12.1 Å². The van der Waals surface area contributed by atoms with Crippen LogP contribution in [0.25, 0.3) is 0 Å². The van der Waals surface area contributed by atoms with E-state index in [1.807, 2.05) is 0 Å². The lowest BCUT2D eigenvalue weighted by molar-refractivity contribution is -0.385. The first-order valence-electron chi connectivity index (χ1n) is 9.39. The number of nitro groups is 2. The van der Waals surface area contributed by atoms with Gasteiger partial charge in [-0.2, -0.15) is 0 Å². The molecule has 0 spiro atoms. The van der Waals surface area contributed by atoms with Crippen molar-refractivity contribution in [2.45, 2.75) is 6.42 Å². The number of nitrogens with zero attached hydrogens (tertiary/aromatic N) is 2. The fraction of sp³-hybridized carbons (Fsp3) is 0.0909. The first-order chi connectivity index (χ1) is 15.3. The molecule has 10 heteroatoms. The Morgan fingerprint density at radius 2 is 1.34 bits per heavy atom. The zero-order chi connectivity index (χ0) is 23.3. The van der Waals surface area contributed by atoms with Gasteiger partial charge in [-0.25, -0.2) is 0 Å². The highest BCUT2D eigenvalue weighted by Gasteiger charge is 2.20. The van der Waals surface area contributed by atoms with Crippen molar-refractivity contribution < 1.29 is 24.5 Å². The van der Waals surface area contributed by atoms with Crippen LogP contribution < -0.4 is 5.32 Å². The number of anilines is 1. The lowest BCUT2D eigenvalue weighted by Gasteiger charge is -2.15. The summed E-state index contributed by atoms with van der Waals surface area (Å²) in [5.41, 5.74) is 0.827. The number of para-hydroxylation sites is 1. The minimum absolute atomic E-state index is 0.139. The fourth-order valence-electron chi connectivity index (χ4n) is 3.08. The van der Waals surface area contributed by atoms with Crippen molar-refractivity contribution in [2.24, 2.45) is 0 Å². The van der Waals surface area contributed by atoms with E-state index in [0.717, 1.165) is 0 Å². The van der Waals surface area contributed by atoms with Crippen molar-refractivity contribution in [1.82, 2.24) is 0 Å². The maximum atomic E-state index is 13.1. The number of hydrogen-bond donors (Lipinski definition) is 2. The van der Waals surface area contributed by atoms with E-state index in [1.54, 1.807) is 12.1 Å². The highest BCUT2D eigenvalue weighted by atomic mass is 16.6. The Bertz CT molecular complexity index is 1190. The molecule has 2 N–H and O–H groups in total. The number of carbonyl (C=O) groups is 2. The van der Waals surface area contributed by atoms with E-state index in [-0.39, 0.29) is 46.8 Å². The average Bonchev–Trinajstić information content (AvgIpc) is 2.80. The van der Waals surface area contributed by atoms with Crippen LogP contribution in [-0.2, 0) is 6.42 Å². The van der Waals surface area contributed by atoms with Gasteiger partial charge >= 0.3 is 0 Å². The summed E-state index contributed by atoms with van der Waals surface area (Å²) in [6, 6.07) is 14.8. The number of rotatable bonds is 8. The van der Waals surface area contributed by atoms with E-state index in [2.05, 4.69) is 5.32 Å². The maximum Gasteiger partial charge on any atom is 0.269 e. The number of nitro benzene ring substituents is 2. The topological polar surface area (TPSA) is 153 Å². The van der Waals surface area contributed by atoms with Crippen LogP contribution in [0.15, 0.2) is 66.7 Å². The molecule has 0 aliphatic heterocycles. The van der Waals surface area contributed by atoms with Crippen LogP contribution in [-0.4, -0.2) is 33.3 Å². The highest BCUT2D eigenvalue weighted by molar-refractivity contribution is 6.16. The summed E-state index contributed by atoms with van der Waals surface area (Å²) in [5.74, 6) is -1.07. The van der Waals surface area contributed by atoms with Gasteiger partial charge in [-0.3, -0.25) is 29.8 Å². The van der Waals surface area contributed by atoms with E-state index in [0.29, 0.717) is 5.56 Å². The lowest BCUT2D eigenvalue weighted by atomic mass is 9.97. The van der Waals surface area contributed by atoms with Gasteiger partial charge in [0, 0.05) is 47.6 Å². The molecule has 10 nitrogen and oxygen atoms in total. The molecule has 3 aromatic rings. The summed E-state index contributed by atoms with van der Waals surface area (Å²) < 4.78 is 0. The number of non-ortho nitro benzene ring substituents is 2. The number of ketones is 1. The van der Waals surface area contributed by atoms with E-state index < -0.39 is 21.5 Å². The van der Waals surface area contributed by atoms with Crippen molar-refractivity contribution in [2.75, 3.05) is 11.9 Å². The van der Waals surface area contributed by atoms with Crippen LogP contribution in [0.3, 0.4) is 0 Å². The van der Waals surface area contributed by atoms with Gasteiger partial charge < -0.3 is 10.4 Å². The molecule has 0 bridgehead atoms. The summed E-state index contributed by atoms with van der Waals surface area (Å²) in [5, 5.41) is 33.7. The monoisotopic (exact) mass is 435 g/mol. The Kier molecular flexibility index (Phi) is 6.66. The smallest absolute Gasteiger partial charge is 0.269 e. The molecule has 0 saturated carbocycles. The largest absolute Gasteiger partial charge is 0.396 e. The fourth-order valence-corrected chi connectivity index (χ4v) is 3.08. The Balaban J connectivity index is 1.96. The molecule has 3 rings (SSSR count). The molecule has 0 fully saturated rings. The minimum atomic E-state index is -0.594. The number of benzene rings is 3. The molecule has 32 heavy (non-hydrogen) atoms. The predicted molar refractivity (Wildman–Crippen MR) is 115 cm³/mol. The second kappa shape index (κ2) is 9.58. The number of carbonyl (C=O) groups excluding carboxylic acids is 2. The quantitative estimate of drug-likeness (QED) is 0.312. The summed E-state index contributed by atoms with van der Waals surface area (Å²) in [4.78, 5) is 46.3. The van der Waals surface area contributed by atoms with Gasteiger partial charge in [-0.15, -0.1) is 0 Å². The summed E-state index contributed by atoms with van der Waals surface area (Å²) >= 11 is 0. The van der Waals surface area contributed by atoms with E-state index in [9.17, 15) is 34.9 Å². The van der Waals surface area contributed by atoms with Crippen LogP contribution in [0.1, 0.15) is 31.8 Å². The van der Waals surface area contributed by atoms with Crippen molar-refractivity contribution in [3.63, 3.8) is 0 Å². The summed E-state index contributed by atoms with van der Waals surface area (Å²) in [6.07, 6.45) is 0.164. The molecule has 3 aromatic carbocycles. The molecular weight excluding hydrogens is 418 g/mol. The van der Waals surface area contributed by atoms with E-state index in [4.69, 9.17) is 0 Å². The van der Waals surface area contributed by atoms with Crippen molar-refractivity contribution in [1.29, 1.82) is 0 Å². The molecule has 0 heterocycles. The summed E-state index contributed by atoms with van der Waals surface area (Å²) in [6.45, 7) is -0.227. The Hall–Kier alpha value is -4.44. The van der Waals surface area contributed by atoms with Crippen molar-refractivity contribution in [3.8, 4) is 0 Å². The number of aliphatic hydroxyl groups is 1. The van der Waals surface area contributed by atoms with Crippen LogP contribution in [0, 0.1) is 20.2 Å². The van der Waals surface area contributed by atoms with Gasteiger partial charge in [0.25, 0.3) is 17.3 Å². The Morgan fingerprint density at radius 3 is 1.84 bits per heavy atom. The molecule has 0 aliphatic carbocycles. The van der Waals surface area contributed by atoms with Crippen LogP contribution in [0.5, 0.6) is 0 Å². The molecule has 0 radical (unpaired) electrons. The van der Waals surface area contributed by atoms with Gasteiger partial charge in [0.05, 0.1) is 15.5 Å². The molecule has 0 unspecified atom stereocenters. The average molecular weight is 435 g/mol. The van der Waals surface area contributed by atoms with Gasteiger partial charge in [-0.05, 0) is 42.3 Å². The SMILES string of the molecule is O=C(Nc1c(CCO)cccc1C(=O)c1ccc([N+](=O)[O-])cc1)c1ccc([N+](=O)[O-])cc1. The molecular formula is C22H17N3O7. The Morgan fingerprint density at radius 1 is 0.812 bits per heavy atom. The van der Waals surface area contributed by atoms with Gasteiger partial charge in [0.15, 0.2) is 5.78 Å². The Labute approximate surface area is 181 Å². The van der Waals surface area contributed by atoms with Crippen molar-refractivity contribution in [3.05, 3.63) is 109 Å². The number of nitrogens with one attached hydrogen (secondary N) is 1. The lowest BCUT2D eigenvalue weighted by Crippen LogP contribution is -2.17. The zero-order valence-electron chi connectivity index (χ0n) is 16.6. The third-order valence-corrected chi connectivity index (χ3v) is 4.70. The number of aliphatic hydroxyl groups excluding tert-OH is 1. The third kappa shape index (κ3) is 4.82. The maximum absolute atomic E-state index is 13.1. The predicted octanol–water partition coefficient (Wildman–Crippen LogP) is 3.52. The van der Waals surface area contributed by atoms with Gasteiger partial charge in [0.1, 0.15) is 0 Å². The first-order valence-corrected chi connectivity index (χ1v) is 9.39. The molecule has 0 atom stereocenters. The molecule has 1 amide bonds. The molecule has 162 valence electrons. The van der Waals surface area contributed by atoms with Gasteiger partial charge in [0.2, 0.25) is 0 Å². The molecule has 0 aromatic heterocycles. The first kappa shape index (κ1) is 22.2. The minimum Gasteiger partial charge on any atom is -0.396 e. The number of amides is 1. The van der Waals surface area contributed by atoms with Crippen molar-refractivity contribution >= 4 is 28.8 Å². The van der Waals surface area contributed by atoms with E-state index >= 15 is 0 Å². The normalized spacial score (nSPS) is 10.4. The zero-order valence-corrected chi connectivity index (χ0v) is 16.6. The number of hydrogen-bond acceptors (Lipinski definition) is 7. The van der Waals surface area contributed by atoms with Crippen LogP contribution >= 0.6 is 0 Å². The standard InChI is InChI=1S/C22H17N3O7/c26-13-12-14-2-1-3-19(21(27)15-4-8-17(9-5-15)24(29)30)20(14)23-22(28)16-6-10-18(11-7-16)25(31)32/h1-11,26H,12-13H2,(H,23,28). The second-order valence-electron chi connectivity index (χ2n) is 6.70.